The van der Waals surface area contributed by atoms with Gasteiger partial charge in [0.05, 0.1) is 5.52 Å². The van der Waals surface area contributed by atoms with E-state index in [0.29, 0.717) is 6.61 Å². The van der Waals surface area contributed by atoms with Gasteiger partial charge in [-0.3, -0.25) is 19.6 Å². The molecule has 1 aliphatic heterocycles. The molecule has 6 heteroatoms. The zero-order chi connectivity index (χ0) is 26.3. The van der Waals surface area contributed by atoms with Crippen LogP contribution in [0.5, 0.6) is 5.75 Å². The summed E-state index contributed by atoms with van der Waals surface area (Å²) in [5.74, 6) is 1.02. The molecule has 2 heterocycles. The van der Waals surface area contributed by atoms with E-state index in [1.807, 2.05) is 48.4 Å². The average Bonchev–Trinajstić information content (AvgIpc) is 2.94. The van der Waals surface area contributed by atoms with Crippen LogP contribution in [-0.2, 0) is 13.1 Å². The minimum atomic E-state index is 0.126. The van der Waals surface area contributed by atoms with Crippen molar-refractivity contribution >= 4 is 16.8 Å². The zero-order valence-corrected chi connectivity index (χ0v) is 22.3. The highest BCUT2D eigenvalue weighted by molar-refractivity contribution is 5.94. The number of amides is 1. The zero-order valence-electron chi connectivity index (χ0n) is 22.3. The third-order valence-electron chi connectivity index (χ3n) is 7.13. The van der Waals surface area contributed by atoms with Gasteiger partial charge in [-0.05, 0) is 67.6 Å². The van der Waals surface area contributed by atoms with Gasteiger partial charge in [0, 0.05) is 63.0 Å². The second kappa shape index (κ2) is 12.2. The molecule has 0 saturated carbocycles. The molecule has 0 aliphatic carbocycles. The quantitative estimate of drug-likeness (QED) is 0.318. The summed E-state index contributed by atoms with van der Waals surface area (Å²) in [6.45, 7) is 8.55. The molecule has 1 fully saturated rings. The number of carbonyl (C=O) groups is 1. The lowest BCUT2D eigenvalue weighted by molar-refractivity contribution is 0.0620. The van der Waals surface area contributed by atoms with Crippen molar-refractivity contribution in [3.8, 4) is 5.75 Å². The van der Waals surface area contributed by atoms with Crippen LogP contribution in [0.3, 0.4) is 0 Å². The molecule has 0 spiro atoms. The fraction of sp³-hybridized carbons (Fsp3) is 0.312. The third-order valence-corrected chi connectivity index (χ3v) is 7.13. The number of aromatic nitrogens is 1. The molecule has 5 rings (SSSR count). The van der Waals surface area contributed by atoms with Crippen LogP contribution in [0.4, 0.5) is 0 Å². The van der Waals surface area contributed by atoms with Gasteiger partial charge in [0.1, 0.15) is 12.4 Å². The van der Waals surface area contributed by atoms with Gasteiger partial charge in [-0.15, -0.1) is 0 Å². The molecule has 0 bridgehead atoms. The molecule has 1 aliphatic rings. The van der Waals surface area contributed by atoms with Crippen LogP contribution in [0.15, 0.2) is 85.1 Å². The van der Waals surface area contributed by atoms with Gasteiger partial charge in [-0.1, -0.05) is 42.0 Å². The van der Waals surface area contributed by atoms with Crippen molar-refractivity contribution in [2.24, 2.45) is 0 Å². The van der Waals surface area contributed by atoms with Crippen molar-refractivity contribution in [3.05, 3.63) is 107 Å². The van der Waals surface area contributed by atoms with E-state index in [-0.39, 0.29) is 5.91 Å². The Bertz CT molecular complexity index is 1350. The molecule has 0 atom stereocenters. The Morgan fingerprint density at radius 2 is 1.61 bits per heavy atom. The first-order chi connectivity index (χ1) is 18.5. The molecule has 0 radical (unpaired) electrons. The van der Waals surface area contributed by atoms with E-state index in [9.17, 15) is 4.79 Å². The summed E-state index contributed by atoms with van der Waals surface area (Å²) >= 11 is 0. The molecule has 0 unspecified atom stereocenters. The van der Waals surface area contributed by atoms with Crippen LogP contribution >= 0.6 is 0 Å². The minimum absolute atomic E-state index is 0.126. The van der Waals surface area contributed by atoms with Crippen molar-refractivity contribution in [1.82, 2.24) is 19.7 Å². The van der Waals surface area contributed by atoms with E-state index in [4.69, 9.17) is 4.74 Å². The Morgan fingerprint density at radius 3 is 2.37 bits per heavy atom. The first-order valence-electron chi connectivity index (χ1n) is 13.4. The largest absolute Gasteiger partial charge is 0.492 e. The summed E-state index contributed by atoms with van der Waals surface area (Å²) < 4.78 is 6.02. The number of piperazine rings is 1. The Balaban J connectivity index is 1.02. The normalized spacial score (nSPS) is 14.2. The van der Waals surface area contributed by atoms with Gasteiger partial charge in [0.2, 0.25) is 0 Å². The third kappa shape index (κ3) is 6.77. The lowest BCUT2D eigenvalue weighted by Gasteiger charge is -2.34. The number of fused-ring (bicyclic) bond motifs is 1. The van der Waals surface area contributed by atoms with Crippen molar-refractivity contribution in [3.63, 3.8) is 0 Å². The Kier molecular flexibility index (Phi) is 8.31. The fourth-order valence-corrected chi connectivity index (χ4v) is 4.94. The van der Waals surface area contributed by atoms with E-state index < -0.39 is 0 Å². The number of pyridine rings is 1. The molecule has 1 aromatic heterocycles. The van der Waals surface area contributed by atoms with Crippen LogP contribution in [-0.4, -0.2) is 72.0 Å². The van der Waals surface area contributed by atoms with Crippen LogP contribution in [0.1, 0.15) is 27.0 Å². The first-order valence-corrected chi connectivity index (χ1v) is 13.4. The Morgan fingerprint density at radius 1 is 0.895 bits per heavy atom. The first kappa shape index (κ1) is 25.9. The standard InChI is InChI=1S/C32H36N4O2/c1-25-5-10-28(11-6-25)32(37)36-18-16-35(17-19-36)20-21-38-30-12-7-26(8-13-30)23-34(2)24-27-9-14-31-29(22-27)4-3-15-33-31/h3-15,22H,16-21,23-24H2,1-2H3. The van der Waals surface area contributed by atoms with Crippen LogP contribution < -0.4 is 4.74 Å². The average molecular weight is 509 g/mol. The lowest BCUT2D eigenvalue weighted by atomic mass is 10.1. The predicted octanol–water partition coefficient (Wildman–Crippen LogP) is 5.01. The van der Waals surface area contributed by atoms with Gasteiger partial charge in [-0.25, -0.2) is 0 Å². The molecular weight excluding hydrogens is 472 g/mol. The number of carbonyl (C=O) groups excluding carboxylic acids is 1. The van der Waals surface area contributed by atoms with Crippen LogP contribution in [0.25, 0.3) is 10.9 Å². The van der Waals surface area contributed by atoms with E-state index >= 15 is 0 Å². The van der Waals surface area contributed by atoms with Gasteiger partial charge in [-0.2, -0.15) is 0 Å². The Labute approximate surface area is 225 Å². The Hall–Kier alpha value is -3.74. The van der Waals surface area contributed by atoms with E-state index in [1.165, 1.54) is 22.1 Å². The van der Waals surface area contributed by atoms with Crippen molar-refractivity contribution in [1.29, 1.82) is 0 Å². The van der Waals surface area contributed by atoms with Gasteiger partial charge < -0.3 is 9.64 Å². The topological polar surface area (TPSA) is 48.9 Å². The molecule has 4 aromatic rings. The van der Waals surface area contributed by atoms with E-state index in [2.05, 4.69) is 70.4 Å². The van der Waals surface area contributed by atoms with E-state index in [0.717, 1.165) is 62.6 Å². The maximum Gasteiger partial charge on any atom is 0.253 e. The summed E-state index contributed by atoms with van der Waals surface area (Å²) in [5, 5.41) is 1.18. The highest BCUT2D eigenvalue weighted by Gasteiger charge is 2.21. The summed E-state index contributed by atoms with van der Waals surface area (Å²) in [5.41, 5.74) is 5.52. The summed E-state index contributed by atoms with van der Waals surface area (Å²) in [6, 6.07) is 26.8. The second-order valence-electron chi connectivity index (χ2n) is 10.2. The highest BCUT2D eigenvalue weighted by Crippen LogP contribution is 2.17. The smallest absolute Gasteiger partial charge is 0.253 e. The molecule has 6 nitrogen and oxygen atoms in total. The maximum absolute atomic E-state index is 12.7. The molecule has 38 heavy (non-hydrogen) atoms. The van der Waals surface area contributed by atoms with Gasteiger partial charge in [0.25, 0.3) is 5.91 Å². The molecule has 196 valence electrons. The molecule has 0 N–H and O–H groups in total. The van der Waals surface area contributed by atoms with Gasteiger partial charge >= 0.3 is 0 Å². The molecule has 1 amide bonds. The number of ether oxygens (including phenoxy) is 1. The molecule has 1 saturated heterocycles. The number of aryl methyl sites for hydroxylation is 1. The van der Waals surface area contributed by atoms with Crippen molar-refractivity contribution < 1.29 is 9.53 Å². The number of hydrogen-bond donors (Lipinski definition) is 0. The number of nitrogens with zero attached hydrogens (tertiary/aromatic N) is 4. The number of rotatable bonds is 9. The number of hydrogen-bond acceptors (Lipinski definition) is 5. The summed E-state index contributed by atoms with van der Waals surface area (Å²) in [7, 11) is 2.14. The van der Waals surface area contributed by atoms with Crippen molar-refractivity contribution in [2.45, 2.75) is 20.0 Å². The van der Waals surface area contributed by atoms with Crippen LogP contribution in [0, 0.1) is 6.92 Å². The fourth-order valence-electron chi connectivity index (χ4n) is 4.94. The molecular formula is C32H36N4O2. The second-order valence-corrected chi connectivity index (χ2v) is 10.2. The number of benzene rings is 3. The lowest BCUT2D eigenvalue weighted by Crippen LogP contribution is -2.49. The summed E-state index contributed by atoms with van der Waals surface area (Å²) in [4.78, 5) is 23.8. The SMILES string of the molecule is Cc1ccc(C(=O)N2CCN(CCOc3ccc(CN(C)Cc4ccc5ncccc5c4)cc3)CC2)cc1. The monoisotopic (exact) mass is 508 g/mol. The maximum atomic E-state index is 12.7. The highest BCUT2D eigenvalue weighted by atomic mass is 16.5. The predicted molar refractivity (Wildman–Crippen MR) is 152 cm³/mol. The minimum Gasteiger partial charge on any atom is -0.492 e. The van der Waals surface area contributed by atoms with E-state index in [1.54, 1.807) is 0 Å². The van der Waals surface area contributed by atoms with Crippen LogP contribution in [0.2, 0.25) is 0 Å². The molecule has 3 aromatic carbocycles. The van der Waals surface area contributed by atoms with Crippen molar-refractivity contribution in [2.75, 3.05) is 46.4 Å². The van der Waals surface area contributed by atoms with Gasteiger partial charge in [0.15, 0.2) is 0 Å². The summed E-state index contributed by atoms with van der Waals surface area (Å²) in [6.07, 6.45) is 1.83.